The number of anilines is 1. The zero-order valence-electron chi connectivity index (χ0n) is 13.8. The molecule has 2 aromatic carbocycles. The molecule has 0 radical (unpaired) electrons. The summed E-state index contributed by atoms with van der Waals surface area (Å²) in [6.07, 6.45) is 1.73. The monoisotopic (exact) mass is 423 g/mol. The van der Waals surface area contributed by atoms with E-state index in [4.69, 9.17) is 9.47 Å². The van der Waals surface area contributed by atoms with Gasteiger partial charge in [-0.3, -0.25) is 0 Å². The number of aryl methyl sites for hydroxylation is 2. The van der Waals surface area contributed by atoms with Crippen molar-refractivity contribution in [2.75, 3.05) is 19.0 Å². The molecule has 0 saturated heterocycles. The number of rotatable bonds is 7. The van der Waals surface area contributed by atoms with Crippen molar-refractivity contribution in [2.45, 2.75) is 20.4 Å². The van der Waals surface area contributed by atoms with Gasteiger partial charge in [-0.1, -0.05) is 18.7 Å². The average Bonchev–Trinajstić information content (AvgIpc) is 2.54. The summed E-state index contributed by atoms with van der Waals surface area (Å²) >= 11 is 2.27. The van der Waals surface area contributed by atoms with Crippen LogP contribution in [-0.4, -0.2) is 13.7 Å². The lowest BCUT2D eigenvalue weighted by Crippen LogP contribution is -2.03. The molecule has 0 atom stereocenters. The zero-order chi connectivity index (χ0) is 16.8. The summed E-state index contributed by atoms with van der Waals surface area (Å²) in [5.74, 6) is 1.51. The second kappa shape index (κ2) is 8.24. The summed E-state index contributed by atoms with van der Waals surface area (Å²) in [5.41, 5.74) is 4.86. The van der Waals surface area contributed by atoms with E-state index in [9.17, 15) is 0 Å². The van der Waals surface area contributed by atoms with Crippen molar-refractivity contribution in [3.05, 3.63) is 63.2 Å². The molecule has 0 amide bonds. The molecule has 0 heterocycles. The zero-order valence-corrected chi connectivity index (χ0v) is 15.9. The summed E-state index contributed by atoms with van der Waals surface area (Å²) in [4.78, 5) is 0. The van der Waals surface area contributed by atoms with Crippen molar-refractivity contribution in [3.63, 3.8) is 0 Å². The first-order valence-electron chi connectivity index (χ1n) is 7.46. The highest BCUT2D eigenvalue weighted by Gasteiger charge is 2.11. The molecule has 3 nitrogen and oxygen atoms in total. The number of benzene rings is 2. The molecule has 122 valence electrons. The number of ether oxygens (including phenoxy) is 2. The largest absolute Gasteiger partial charge is 0.493 e. The van der Waals surface area contributed by atoms with Crippen molar-refractivity contribution in [2.24, 2.45) is 0 Å². The Hall–Kier alpha value is -1.69. The third-order valence-corrected chi connectivity index (χ3v) is 4.44. The highest BCUT2D eigenvalue weighted by Crippen LogP contribution is 2.34. The minimum absolute atomic E-state index is 0.465. The number of halogens is 1. The summed E-state index contributed by atoms with van der Waals surface area (Å²) < 4.78 is 12.2. The fourth-order valence-electron chi connectivity index (χ4n) is 2.21. The molecule has 0 unspecified atom stereocenters. The van der Waals surface area contributed by atoms with Crippen LogP contribution in [0.3, 0.4) is 0 Å². The molecule has 0 fully saturated rings. The number of nitrogens with one attached hydrogen (secondary N) is 1. The topological polar surface area (TPSA) is 30.5 Å². The van der Waals surface area contributed by atoms with Gasteiger partial charge in [0.05, 0.1) is 10.7 Å². The van der Waals surface area contributed by atoms with E-state index >= 15 is 0 Å². The standard InChI is InChI=1S/C19H22INO2/c1-5-8-23-19-17(20)10-15(11-18(19)22-4)12-21-16-7-6-13(2)14(3)9-16/h5-7,9-11,21H,1,8,12H2,2-4H3. The maximum atomic E-state index is 5.68. The molecule has 0 aliphatic heterocycles. The molecule has 0 aliphatic rings. The highest BCUT2D eigenvalue weighted by molar-refractivity contribution is 14.1. The summed E-state index contributed by atoms with van der Waals surface area (Å²) in [7, 11) is 1.66. The second-order valence-electron chi connectivity index (χ2n) is 5.36. The predicted molar refractivity (Wildman–Crippen MR) is 105 cm³/mol. The van der Waals surface area contributed by atoms with Gasteiger partial charge in [-0.25, -0.2) is 0 Å². The van der Waals surface area contributed by atoms with Crippen molar-refractivity contribution in [1.29, 1.82) is 0 Å². The molecule has 2 rings (SSSR count). The third kappa shape index (κ3) is 4.64. The Labute approximate surface area is 151 Å². The van der Waals surface area contributed by atoms with Gasteiger partial charge in [-0.15, -0.1) is 0 Å². The molecule has 23 heavy (non-hydrogen) atoms. The molecular weight excluding hydrogens is 401 g/mol. The molecule has 0 bridgehead atoms. The number of methoxy groups -OCH3 is 1. The Balaban J connectivity index is 2.15. The van der Waals surface area contributed by atoms with Gasteiger partial charge in [0.25, 0.3) is 0 Å². The van der Waals surface area contributed by atoms with Gasteiger partial charge in [0.15, 0.2) is 11.5 Å². The van der Waals surface area contributed by atoms with E-state index in [1.54, 1.807) is 13.2 Å². The maximum Gasteiger partial charge on any atom is 0.174 e. The molecule has 0 spiro atoms. The molecule has 2 aromatic rings. The van der Waals surface area contributed by atoms with Crippen LogP contribution in [0.1, 0.15) is 16.7 Å². The van der Waals surface area contributed by atoms with Crippen LogP contribution in [0, 0.1) is 17.4 Å². The lowest BCUT2D eigenvalue weighted by Gasteiger charge is -2.14. The Morgan fingerprint density at radius 1 is 1.17 bits per heavy atom. The Bertz CT molecular complexity index is 698. The van der Waals surface area contributed by atoms with Crippen LogP contribution in [0.25, 0.3) is 0 Å². The summed E-state index contributed by atoms with van der Waals surface area (Å²) in [6, 6.07) is 10.5. The Morgan fingerprint density at radius 2 is 1.96 bits per heavy atom. The van der Waals surface area contributed by atoms with Gasteiger partial charge in [0.2, 0.25) is 0 Å². The van der Waals surface area contributed by atoms with Crippen LogP contribution in [0.15, 0.2) is 43.0 Å². The first kappa shape index (κ1) is 17.7. The summed E-state index contributed by atoms with van der Waals surface area (Å²) in [6.45, 7) is 9.12. The summed E-state index contributed by atoms with van der Waals surface area (Å²) in [5, 5.41) is 3.45. The van der Waals surface area contributed by atoms with Gasteiger partial charge in [-0.2, -0.15) is 0 Å². The first-order valence-corrected chi connectivity index (χ1v) is 8.54. The minimum atomic E-state index is 0.465. The van der Waals surface area contributed by atoms with Crippen molar-refractivity contribution in [1.82, 2.24) is 0 Å². The normalized spacial score (nSPS) is 10.3. The molecule has 0 saturated carbocycles. The van der Waals surface area contributed by atoms with Crippen molar-refractivity contribution >= 4 is 28.3 Å². The lowest BCUT2D eigenvalue weighted by molar-refractivity contribution is 0.324. The van der Waals surface area contributed by atoms with E-state index in [-0.39, 0.29) is 0 Å². The molecule has 4 heteroatoms. The van der Waals surface area contributed by atoms with Gasteiger partial charge >= 0.3 is 0 Å². The van der Waals surface area contributed by atoms with Gasteiger partial charge in [-0.05, 0) is 77.4 Å². The van der Waals surface area contributed by atoms with E-state index in [0.717, 1.165) is 32.9 Å². The van der Waals surface area contributed by atoms with Crippen LogP contribution in [0.5, 0.6) is 11.5 Å². The molecule has 0 aromatic heterocycles. The van der Waals surface area contributed by atoms with Gasteiger partial charge < -0.3 is 14.8 Å². The molecule has 1 N–H and O–H groups in total. The molecular formula is C19H22INO2. The predicted octanol–water partition coefficient (Wildman–Crippen LogP) is 5.09. The van der Waals surface area contributed by atoms with E-state index in [0.29, 0.717) is 6.61 Å². The minimum Gasteiger partial charge on any atom is -0.493 e. The second-order valence-corrected chi connectivity index (χ2v) is 6.52. The van der Waals surface area contributed by atoms with Crippen LogP contribution in [-0.2, 0) is 6.54 Å². The van der Waals surface area contributed by atoms with Gasteiger partial charge in [0.1, 0.15) is 6.61 Å². The van der Waals surface area contributed by atoms with E-state index < -0.39 is 0 Å². The Kier molecular flexibility index (Phi) is 6.33. The third-order valence-electron chi connectivity index (χ3n) is 3.64. The highest BCUT2D eigenvalue weighted by atomic mass is 127. The van der Waals surface area contributed by atoms with Crippen LogP contribution in [0.2, 0.25) is 0 Å². The van der Waals surface area contributed by atoms with Crippen LogP contribution < -0.4 is 14.8 Å². The van der Waals surface area contributed by atoms with Crippen molar-refractivity contribution < 1.29 is 9.47 Å². The average molecular weight is 423 g/mol. The first-order chi connectivity index (χ1) is 11.0. The van der Waals surface area contributed by atoms with E-state index in [1.165, 1.54) is 11.1 Å². The van der Waals surface area contributed by atoms with E-state index in [1.807, 2.05) is 6.07 Å². The number of hydrogen-bond donors (Lipinski definition) is 1. The fourth-order valence-corrected chi connectivity index (χ4v) is 3.03. The van der Waals surface area contributed by atoms with Crippen LogP contribution in [0.4, 0.5) is 5.69 Å². The smallest absolute Gasteiger partial charge is 0.174 e. The fraction of sp³-hybridized carbons (Fsp3) is 0.263. The molecule has 0 aliphatic carbocycles. The maximum absolute atomic E-state index is 5.68. The van der Waals surface area contributed by atoms with Gasteiger partial charge in [0, 0.05) is 12.2 Å². The van der Waals surface area contributed by atoms with Crippen LogP contribution >= 0.6 is 22.6 Å². The lowest BCUT2D eigenvalue weighted by atomic mass is 10.1. The SMILES string of the molecule is C=CCOc1c(I)cc(CNc2ccc(C)c(C)c2)cc1OC. The van der Waals surface area contributed by atoms with E-state index in [2.05, 4.69) is 72.6 Å². The Morgan fingerprint density at radius 3 is 2.61 bits per heavy atom. The van der Waals surface area contributed by atoms with Crippen molar-refractivity contribution in [3.8, 4) is 11.5 Å². The number of hydrogen-bond acceptors (Lipinski definition) is 3. The quantitative estimate of drug-likeness (QED) is 0.497.